The molecule has 0 aliphatic heterocycles. The van der Waals surface area contributed by atoms with E-state index in [-0.39, 0.29) is 0 Å². The van der Waals surface area contributed by atoms with Crippen LogP contribution in [0, 0.1) is 3.57 Å². The van der Waals surface area contributed by atoms with Crippen molar-refractivity contribution in [2.24, 2.45) is 0 Å². The lowest BCUT2D eigenvalue weighted by atomic mass is 10.1. The Hall–Kier alpha value is -0.740. The molecule has 0 aromatic heterocycles. The Kier molecular flexibility index (Phi) is 3.48. The van der Waals surface area contributed by atoms with Gasteiger partial charge in [0, 0.05) is 14.3 Å². The lowest BCUT2D eigenvalue weighted by Crippen LogP contribution is -2.08. The first-order valence-corrected chi connectivity index (χ1v) is 7.49. The minimum Gasteiger partial charge on any atom is -0.377 e. The zero-order valence-electron chi connectivity index (χ0n) is 9.79. The van der Waals surface area contributed by atoms with Crippen molar-refractivity contribution in [3.8, 4) is 0 Å². The topological polar surface area (TPSA) is 12.0 Å². The first kappa shape index (κ1) is 12.3. The molecule has 1 N–H and O–H groups in total. The van der Waals surface area contributed by atoms with Crippen LogP contribution in [0.3, 0.4) is 0 Å². The second-order valence-electron chi connectivity index (χ2n) is 4.56. The summed E-state index contributed by atoms with van der Waals surface area (Å²) in [4.78, 5) is 0. The molecular formula is C15H13ClIN. The van der Waals surface area contributed by atoms with Crippen molar-refractivity contribution in [2.75, 3.05) is 5.32 Å². The van der Waals surface area contributed by atoms with Crippen LogP contribution in [0.4, 0.5) is 5.69 Å². The molecule has 1 aliphatic rings. The first-order valence-electron chi connectivity index (χ1n) is 6.03. The molecule has 2 aromatic rings. The predicted octanol–water partition coefficient (Wildman–Crippen LogP) is 5.04. The molecule has 3 rings (SSSR count). The molecule has 0 fully saturated rings. The largest absolute Gasteiger partial charge is 0.377 e. The summed E-state index contributed by atoms with van der Waals surface area (Å²) in [5.41, 5.74) is 4.07. The molecule has 2 aromatic carbocycles. The molecule has 1 atom stereocenters. The second-order valence-corrected chi connectivity index (χ2v) is 6.16. The number of hydrogen-bond donors (Lipinski definition) is 1. The maximum Gasteiger partial charge on any atom is 0.0520 e. The van der Waals surface area contributed by atoms with Crippen molar-refractivity contribution in [1.29, 1.82) is 0 Å². The molecule has 3 heteroatoms. The van der Waals surface area contributed by atoms with E-state index in [1.807, 2.05) is 12.1 Å². The SMILES string of the molecule is Clc1ccc(NC2CCc3ccccc32)c(I)c1. The number of anilines is 1. The molecule has 0 spiro atoms. The quantitative estimate of drug-likeness (QED) is 0.731. The number of aryl methyl sites for hydroxylation is 1. The molecule has 1 unspecified atom stereocenters. The van der Waals surface area contributed by atoms with Gasteiger partial charge in [0.25, 0.3) is 0 Å². The fraction of sp³-hybridized carbons (Fsp3) is 0.200. The van der Waals surface area contributed by atoms with Crippen LogP contribution < -0.4 is 5.32 Å². The number of benzene rings is 2. The van der Waals surface area contributed by atoms with Crippen LogP contribution in [0.2, 0.25) is 5.02 Å². The van der Waals surface area contributed by atoms with Gasteiger partial charge in [0.1, 0.15) is 0 Å². The number of nitrogens with one attached hydrogen (secondary N) is 1. The van der Waals surface area contributed by atoms with E-state index in [1.165, 1.54) is 20.4 Å². The Balaban J connectivity index is 1.86. The van der Waals surface area contributed by atoms with Crippen molar-refractivity contribution >= 4 is 39.9 Å². The summed E-state index contributed by atoms with van der Waals surface area (Å²) < 4.78 is 1.17. The zero-order chi connectivity index (χ0) is 12.5. The molecule has 0 amide bonds. The van der Waals surface area contributed by atoms with E-state index < -0.39 is 0 Å². The fourth-order valence-electron chi connectivity index (χ4n) is 2.50. The summed E-state index contributed by atoms with van der Waals surface area (Å²) in [5, 5.41) is 4.42. The van der Waals surface area contributed by atoms with Crippen LogP contribution in [0.1, 0.15) is 23.6 Å². The van der Waals surface area contributed by atoms with Crippen molar-refractivity contribution in [3.05, 3.63) is 62.2 Å². The summed E-state index contributed by atoms with van der Waals surface area (Å²) in [5.74, 6) is 0. The lowest BCUT2D eigenvalue weighted by Gasteiger charge is -2.17. The Morgan fingerprint density at radius 2 is 2.00 bits per heavy atom. The highest BCUT2D eigenvalue weighted by molar-refractivity contribution is 14.1. The minimum absolute atomic E-state index is 0.427. The van der Waals surface area contributed by atoms with Gasteiger partial charge in [-0.3, -0.25) is 0 Å². The summed E-state index contributed by atoms with van der Waals surface area (Å²) in [7, 11) is 0. The standard InChI is InChI=1S/C15H13ClIN/c16-11-6-8-15(13(17)9-11)18-14-7-5-10-3-1-2-4-12(10)14/h1-4,6,8-9,14,18H,5,7H2. The maximum atomic E-state index is 5.98. The zero-order valence-corrected chi connectivity index (χ0v) is 12.7. The third-order valence-electron chi connectivity index (χ3n) is 3.39. The molecule has 18 heavy (non-hydrogen) atoms. The van der Waals surface area contributed by atoms with Crippen molar-refractivity contribution in [3.63, 3.8) is 0 Å². The number of hydrogen-bond acceptors (Lipinski definition) is 1. The molecule has 0 saturated heterocycles. The first-order chi connectivity index (χ1) is 8.74. The third-order valence-corrected chi connectivity index (χ3v) is 4.52. The van der Waals surface area contributed by atoms with Gasteiger partial charge in [0.15, 0.2) is 0 Å². The van der Waals surface area contributed by atoms with Crippen LogP contribution in [-0.4, -0.2) is 0 Å². The molecule has 1 nitrogen and oxygen atoms in total. The number of fused-ring (bicyclic) bond motifs is 1. The number of rotatable bonds is 2. The van der Waals surface area contributed by atoms with E-state index in [4.69, 9.17) is 11.6 Å². The average molecular weight is 370 g/mol. The molecule has 1 aliphatic carbocycles. The van der Waals surface area contributed by atoms with Crippen molar-refractivity contribution in [2.45, 2.75) is 18.9 Å². The Labute approximate surface area is 126 Å². The van der Waals surface area contributed by atoms with E-state index in [0.29, 0.717) is 6.04 Å². The van der Waals surface area contributed by atoms with Gasteiger partial charge in [-0.05, 0) is 64.8 Å². The van der Waals surface area contributed by atoms with Gasteiger partial charge < -0.3 is 5.32 Å². The van der Waals surface area contributed by atoms with Gasteiger partial charge in [-0.1, -0.05) is 35.9 Å². The second kappa shape index (κ2) is 5.10. The van der Waals surface area contributed by atoms with Gasteiger partial charge in [0.05, 0.1) is 6.04 Å². The van der Waals surface area contributed by atoms with E-state index >= 15 is 0 Å². The normalized spacial score (nSPS) is 17.6. The minimum atomic E-state index is 0.427. The molecule has 0 radical (unpaired) electrons. The highest BCUT2D eigenvalue weighted by Gasteiger charge is 2.21. The van der Waals surface area contributed by atoms with E-state index in [1.54, 1.807) is 0 Å². The van der Waals surface area contributed by atoms with Crippen molar-refractivity contribution < 1.29 is 0 Å². The highest BCUT2D eigenvalue weighted by Crippen LogP contribution is 2.35. The maximum absolute atomic E-state index is 5.98. The lowest BCUT2D eigenvalue weighted by molar-refractivity contribution is 0.761. The number of halogens is 2. The van der Waals surface area contributed by atoms with Crippen LogP contribution in [-0.2, 0) is 6.42 Å². The van der Waals surface area contributed by atoms with Crippen molar-refractivity contribution in [1.82, 2.24) is 0 Å². The predicted molar refractivity (Wildman–Crippen MR) is 85.3 cm³/mol. The van der Waals surface area contributed by atoms with Gasteiger partial charge in [-0.2, -0.15) is 0 Å². The Morgan fingerprint density at radius 3 is 2.83 bits per heavy atom. The summed E-state index contributed by atoms with van der Waals surface area (Å²) >= 11 is 8.31. The van der Waals surface area contributed by atoms with E-state index in [0.717, 1.165) is 17.9 Å². The van der Waals surface area contributed by atoms with Gasteiger partial charge in [0.2, 0.25) is 0 Å². The van der Waals surface area contributed by atoms with Gasteiger partial charge in [-0.25, -0.2) is 0 Å². The molecule has 92 valence electrons. The smallest absolute Gasteiger partial charge is 0.0520 e. The summed E-state index contributed by atoms with van der Waals surface area (Å²) in [6, 6.07) is 15.1. The van der Waals surface area contributed by atoms with Gasteiger partial charge in [-0.15, -0.1) is 0 Å². The average Bonchev–Trinajstić information content (AvgIpc) is 2.76. The van der Waals surface area contributed by atoms with Gasteiger partial charge >= 0.3 is 0 Å². The van der Waals surface area contributed by atoms with Crippen LogP contribution in [0.5, 0.6) is 0 Å². The molecule has 0 heterocycles. The van der Waals surface area contributed by atoms with Crippen LogP contribution >= 0.6 is 34.2 Å². The fourth-order valence-corrected chi connectivity index (χ4v) is 3.53. The molecule has 0 saturated carbocycles. The molecular weight excluding hydrogens is 357 g/mol. The summed E-state index contributed by atoms with van der Waals surface area (Å²) in [6.45, 7) is 0. The highest BCUT2D eigenvalue weighted by atomic mass is 127. The molecule has 0 bridgehead atoms. The Bertz CT molecular complexity index is 582. The third kappa shape index (κ3) is 2.36. The monoisotopic (exact) mass is 369 g/mol. The summed E-state index contributed by atoms with van der Waals surface area (Å²) in [6.07, 6.45) is 2.33. The van der Waals surface area contributed by atoms with E-state index in [9.17, 15) is 0 Å². The van der Waals surface area contributed by atoms with E-state index in [2.05, 4.69) is 58.2 Å². The van der Waals surface area contributed by atoms with Crippen LogP contribution in [0.25, 0.3) is 0 Å². The Morgan fingerprint density at radius 1 is 1.17 bits per heavy atom. The van der Waals surface area contributed by atoms with Crippen LogP contribution in [0.15, 0.2) is 42.5 Å².